The molecule has 11 heteroatoms. The summed E-state index contributed by atoms with van der Waals surface area (Å²) in [6, 6.07) is 8.21. The van der Waals surface area contributed by atoms with Crippen molar-refractivity contribution in [3.05, 3.63) is 47.0 Å². The molecule has 2 N–H and O–H groups in total. The van der Waals surface area contributed by atoms with Crippen LogP contribution in [0, 0.1) is 5.92 Å². The van der Waals surface area contributed by atoms with Crippen molar-refractivity contribution in [2.24, 2.45) is 5.92 Å². The Morgan fingerprint density at radius 2 is 2.00 bits per heavy atom. The topological polar surface area (TPSA) is 122 Å². The number of sulfonamides is 1. The Morgan fingerprint density at radius 3 is 2.64 bits per heavy atom. The molecule has 2 aromatic carbocycles. The van der Waals surface area contributed by atoms with Crippen LogP contribution in [-0.4, -0.2) is 52.3 Å². The summed E-state index contributed by atoms with van der Waals surface area (Å²) in [5.41, 5.74) is 0.478. The van der Waals surface area contributed by atoms with Gasteiger partial charge in [-0.1, -0.05) is 11.6 Å². The van der Waals surface area contributed by atoms with Crippen molar-refractivity contribution in [3.63, 3.8) is 0 Å². The lowest BCUT2D eigenvalue weighted by Gasteiger charge is -2.34. The molecular weight excluding hydrogens is 472 g/mol. The molecule has 33 heavy (non-hydrogen) atoms. The van der Waals surface area contributed by atoms with Crippen molar-refractivity contribution in [3.8, 4) is 5.75 Å². The van der Waals surface area contributed by atoms with Crippen molar-refractivity contribution in [2.75, 3.05) is 36.4 Å². The number of rotatable bonds is 8. The highest BCUT2D eigenvalue weighted by molar-refractivity contribution is 7.92. The summed E-state index contributed by atoms with van der Waals surface area (Å²) in [5.74, 6) is -1.54. The quantitative estimate of drug-likeness (QED) is 0.531. The molecule has 0 aromatic heterocycles. The number of piperidine rings is 1. The second-order valence-corrected chi connectivity index (χ2v) is 9.57. The van der Waals surface area contributed by atoms with Gasteiger partial charge >= 0.3 is 11.9 Å². The molecule has 178 valence electrons. The molecule has 0 spiro atoms. The Balaban J connectivity index is 1.96. The number of nitrogens with one attached hydrogen (secondary N) is 1. The Morgan fingerprint density at radius 1 is 1.24 bits per heavy atom. The minimum atomic E-state index is -4.10. The molecule has 1 heterocycles. The van der Waals surface area contributed by atoms with Gasteiger partial charge in [-0.05, 0) is 56.2 Å². The van der Waals surface area contributed by atoms with Crippen LogP contribution in [0.5, 0.6) is 5.75 Å². The molecule has 0 radical (unpaired) electrons. The van der Waals surface area contributed by atoms with Crippen LogP contribution < -0.4 is 14.4 Å². The van der Waals surface area contributed by atoms with E-state index < -0.39 is 16.0 Å². The summed E-state index contributed by atoms with van der Waals surface area (Å²) >= 11 is 6.08. The van der Waals surface area contributed by atoms with Crippen molar-refractivity contribution >= 4 is 44.9 Å². The number of carbonyl (C=O) groups excluding carboxylic acids is 1. The van der Waals surface area contributed by atoms with E-state index in [0.717, 1.165) is 0 Å². The maximum Gasteiger partial charge on any atom is 0.335 e. The lowest BCUT2D eigenvalue weighted by molar-refractivity contribution is -0.148. The first-order chi connectivity index (χ1) is 15.7. The fourth-order valence-electron chi connectivity index (χ4n) is 3.69. The zero-order chi connectivity index (χ0) is 24.2. The number of ether oxygens (including phenoxy) is 2. The average molecular weight is 497 g/mol. The van der Waals surface area contributed by atoms with Crippen LogP contribution >= 0.6 is 11.6 Å². The lowest BCUT2D eigenvalue weighted by atomic mass is 9.97. The van der Waals surface area contributed by atoms with Crippen molar-refractivity contribution in [1.29, 1.82) is 0 Å². The molecular formula is C22H25ClN2O7S. The largest absolute Gasteiger partial charge is 0.495 e. The molecule has 1 atom stereocenters. The minimum Gasteiger partial charge on any atom is -0.495 e. The van der Waals surface area contributed by atoms with Gasteiger partial charge in [-0.15, -0.1) is 0 Å². The number of methoxy groups -OCH3 is 1. The van der Waals surface area contributed by atoms with Gasteiger partial charge in [0.2, 0.25) is 0 Å². The van der Waals surface area contributed by atoms with Gasteiger partial charge in [-0.3, -0.25) is 9.52 Å². The number of aromatic carboxylic acids is 1. The predicted octanol–water partition coefficient (Wildman–Crippen LogP) is 3.63. The number of benzene rings is 2. The SMILES string of the molecule is CCOC(=O)[C@H]1CCCN(c2ccc(C(=O)O)cc2NS(=O)(=O)c2ccc(OC)c(Cl)c2)C1. The fraction of sp³-hybridized carbons (Fsp3) is 0.364. The maximum absolute atomic E-state index is 13.1. The smallest absolute Gasteiger partial charge is 0.335 e. The number of esters is 1. The van der Waals surface area contributed by atoms with E-state index in [-0.39, 0.29) is 39.7 Å². The van der Waals surface area contributed by atoms with E-state index in [4.69, 9.17) is 21.1 Å². The standard InChI is InChI=1S/C22H25ClN2O7S/c1-3-32-22(28)15-5-4-10-25(13-15)19-8-6-14(21(26)27)11-18(19)24-33(29,30)16-7-9-20(31-2)17(23)12-16/h6-9,11-12,15,24H,3-5,10,13H2,1-2H3,(H,26,27)/t15-/m0/s1. The Hall–Kier alpha value is -2.98. The zero-order valence-corrected chi connectivity index (χ0v) is 19.8. The number of hydrogen-bond acceptors (Lipinski definition) is 7. The molecule has 1 aliphatic rings. The molecule has 0 aliphatic carbocycles. The van der Waals surface area contributed by atoms with Crippen molar-refractivity contribution < 1.29 is 32.6 Å². The van der Waals surface area contributed by atoms with Gasteiger partial charge in [0, 0.05) is 13.1 Å². The second kappa shape index (κ2) is 10.3. The first-order valence-electron chi connectivity index (χ1n) is 10.3. The third-order valence-corrected chi connectivity index (χ3v) is 6.96. The predicted molar refractivity (Wildman–Crippen MR) is 124 cm³/mol. The minimum absolute atomic E-state index is 0.0804. The van der Waals surface area contributed by atoms with Crippen molar-refractivity contribution in [1.82, 2.24) is 0 Å². The van der Waals surface area contributed by atoms with E-state index in [2.05, 4.69) is 4.72 Å². The van der Waals surface area contributed by atoms with Gasteiger partial charge in [0.1, 0.15) is 5.75 Å². The molecule has 1 saturated heterocycles. The van der Waals surface area contributed by atoms with Gasteiger partial charge in [0.05, 0.1) is 46.5 Å². The van der Waals surface area contributed by atoms with E-state index in [0.29, 0.717) is 37.4 Å². The molecule has 2 aromatic rings. The lowest BCUT2D eigenvalue weighted by Crippen LogP contribution is -2.39. The molecule has 0 amide bonds. The van der Waals surface area contributed by atoms with Gasteiger partial charge in [-0.25, -0.2) is 13.2 Å². The molecule has 9 nitrogen and oxygen atoms in total. The number of hydrogen-bond donors (Lipinski definition) is 2. The fourth-order valence-corrected chi connectivity index (χ4v) is 5.11. The number of nitrogens with zero attached hydrogens (tertiary/aromatic N) is 1. The summed E-state index contributed by atoms with van der Waals surface area (Å²) in [7, 11) is -2.69. The monoisotopic (exact) mass is 496 g/mol. The van der Waals surface area contributed by atoms with Crippen LogP contribution in [0.4, 0.5) is 11.4 Å². The van der Waals surface area contributed by atoms with Gasteiger partial charge in [0.15, 0.2) is 0 Å². The Labute approximate surface area is 197 Å². The van der Waals surface area contributed by atoms with Crippen LogP contribution in [-0.2, 0) is 19.6 Å². The highest BCUT2D eigenvalue weighted by atomic mass is 35.5. The third kappa shape index (κ3) is 5.69. The van der Waals surface area contributed by atoms with Gasteiger partial charge in [-0.2, -0.15) is 0 Å². The summed E-state index contributed by atoms with van der Waals surface area (Å²) in [5, 5.41) is 9.53. The van der Waals surface area contributed by atoms with Crippen LogP contribution in [0.15, 0.2) is 41.3 Å². The molecule has 0 saturated carbocycles. The van der Waals surface area contributed by atoms with E-state index >= 15 is 0 Å². The van der Waals surface area contributed by atoms with Crippen molar-refractivity contribution in [2.45, 2.75) is 24.7 Å². The second-order valence-electron chi connectivity index (χ2n) is 7.48. The van der Waals surface area contributed by atoms with Crippen LogP contribution in [0.3, 0.4) is 0 Å². The molecule has 1 fully saturated rings. The summed E-state index contributed by atoms with van der Waals surface area (Å²) in [6.45, 7) is 2.92. The molecule has 1 aliphatic heterocycles. The van der Waals surface area contributed by atoms with E-state index in [1.807, 2.05) is 4.90 Å². The van der Waals surface area contributed by atoms with Crippen LogP contribution in [0.1, 0.15) is 30.1 Å². The summed E-state index contributed by atoms with van der Waals surface area (Å²) < 4.78 is 38.8. The third-order valence-electron chi connectivity index (χ3n) is 5.30. The normalized spacial score (nSPS) is 16.2. The maximum atomic E-state index is 13.1. The van der Waals surface area contributed by atoms with Crippen LogP contribution in [0.25, 0.3) is 0 Å². The van der Waals surface area contributed by atoms with E-state index in [1.165, 1.54) is 43.5 Å². The Kier molecular flexibility index (Phi) is 7.70. The van der Waals surface area contributed by atoms with Gasteiger partial charge < -0.3 is 19.5 Å². The highest BCUT2D eigenvalue weighted by Crippen LogP contribution is 2.34. The van der Waals surface area contributed by atoms with E-state index in [9.17, 15) is 23.1 Å². The number of carboxylic acid groups (broad SMARTS) is 1. The summed E-state index contributed by atoms with van der Waals surface area (Å²) in [4.78, 5) is 25.5. The van der Waals surface area contributed by atoms with E-state index in [1.54, 1.807) is 6.92 Å². The molecule has 3 rings (SSSR count). The first kappa shape index (κ1) is 24.7. The van der Waals surface area contributed by atoms with Crippen LogP contribution in [0.2, 0.25) is 5.02 Å². The molecule has 0 bridgehead atoms. The van der Waals surface area contributed by atoms with Gasteiger partial charge in [0.25, 0.3) is 10.0 Å². The number of carbonyl (C=O) groups is 2. The zero-order valence-electron chi connectivity index (χ0n) is 18.2. The summed E-state index contributed by atoms with van der Waals surface area (Å²) in [6.07, 6.45) is 1.36. The highest BCUT2D eigenvalue weighted by Gasteiger charge is 2.29. The number of halogens is 1. The number of carboxylic acids is 1. The Bertz CT molecular complexity index is 1150. The average Bonchev–Trinajstić information content (AvgIpc) is 2.79. The number of anilines is 2. The molecule has 0 unspecified atom stereocenters. The first-order valence-corrected chi connectivity index (χ1v) is 12.2.